The second-order valence-electron chi connectivity index (χ2n) is 5.33. The Hall–Kier alpha value is -2.36. The number of nitrogens with zero attached hydrogens (tertiary/aromatic N) is 2. The molecule has 1 aromatic heterocycles. The van der Waals surface area contributed by atoms with Gasteiger partial charge in [0.15, 0.2) is 5.96 Å². The Morgan fingerprint density at radius 3 is 2.56 bits per heavy atom. The molecule has 134 valence electrons. The van der Waals surface area contributed by atoms with Crippen LogP contribution >= 0.6 is 24.0 Å². The van der Waals surface area contributed by atoms with Gasteiger partial charge >= 0.3 is 0 Å². The number of benzene rings is 1. The van der Waals surface area contributed by atoms with Gasteiger partial charge in [0.1, 0.15) is 5.76 Å². The Balaban J connectivity index is 0.00000312. The third-order valence-corrected chi connectivity index (χ3v) is 3.13. The first kappa shape index (κ1) is 20.7. The van der Waals surface area contributed by atoms with E-state index in [0.29, 0.717) is 25.6 Å². The molecule has 0 atom stereocenters. The number of nitro benzene ring substituents is 1. The van der Waals surface area contributed by atoms with Crippen LogP contribution in [0.3, 0.4) is 0 Å². The molecule has 0 saturated carbocycles. The topological polar surface area (TPSA) is 92.7 Å². The maximum Gasteiger partial charge on any atom is 0.269 e. The van der Waals surface area contributed by atoms with E-state index < -0.39 is 4.92 Å². The highest BCUT2D eigenvalue weighted by Gasteiger charge is 2.04. The van der Waals surface area contributed by atoms with E-state index in [1.807, 2.05) is 19.1 Å². The highest BCUT2D eigenvalue weighted by atomic mass is 127. The first-order valence-corrected chi connectivity index (χ1v) is 7.47. The number of furan rings is 1. The standard InChI is InChI=1S/C17H20N4O3.HI/c1-13(2)10-18-17(20-12-16-4-3-9-24-16)19-11-14-5-7-15(8-6-14)21(22)23;/h3-9H,1,10-12H2,2H3,(H2,18,19,20);1H. The molecule has 2 aromatic rings. The summed E-state index contributed by atoms with van der Waals surface area (Å²) in [6.45, 7) is 7.29. The summed E-state index contributed by atoms with van der Waals surface area (Å²) in [4.78, 5) is 14.7. The van der Waals surface area contributed by atoms with E-state index in [1.165, 1.54) is 12.1 Å². The smallest absolute Gasteiger partial charge is 0.269 e. The first-order valence-electron chi connectivity index (χ1n) is 7.47. The quantitative estimate of drug-likeness (QED) is 0.166. The number of aliphatic imine (C=N–C) groups is 1. The van der Waals surface area contributed by atoms with Gasteiger partial charge in [0.25, 0.3) is 5.69 Å². The zero-order valence-corrected chi connectivity index (χ0v) is 16.2. The molecule has 0 aliphatic rings. The van der Waals surface area contributed by atoms with Crippen LogP contribution in [0.15, 0.2) is 64.2 Å². The summed E-state index contributed by atoms with van der Waals surface area (Å²) in [7, 11) is 0. The van der Waals surface area contributed by atoms with Crippen molar-refractivity contribution in [1.82, 2.24) is 10.6 Å². The highest BCUT2D eigenvalue weighted by Crippen LogP contribution is 2.12. The lowest BCUT2D eigenvalue weighted by Gasteiger charge is -2.11. The van der Waals surface area contributed by atoms with Crippen molar-refractivity contribution in [3.05, 3.63) is 76.3 Å². The van der Waals surface area contributed by atoms with Gasteiger partial charge in [0.2, 0.25) is 0 Å². The molecule has 0 amide bonds. The molecule has 1 aromatic carbocycles. The van der Waals surface area contributed by atoms with E-state index >= 15 is 0 Å². The van der Waals surface area contributed by atoms with Crippen molar-refractivity contribution < 1.29 is 9.34 Å². The van der Waals surface area contributed by atoms with Crippen LogP contribution in [0.25, 0.3) is 0 Å². The Bertz CT molecular complexity index is 712. The second-order valence-corrected chi connectivity index (χ2v) is 5.33. The van der Waals surface area contributed by atoms with Crippen LogP contribution in [-0.2, 0) is 13.1 Å². The van der Waals surface area contributed by atoms with Crippen molar-refractivity contribution in [2.75, 3.05) is 6.54 Å². The lowest BCUT2D eigenvalue weighted by molar-refractivity contribution is -0.384. The number of non-ortho nitro benzene ring substituents is 1. The number of nitro groups is 1. The van der Waals surface area contributed by atoms with Crippen molar-refractivity contribution in [1.29, 1.82) is 0 Å². The fourth-order valence-electron chi connectivity index (χ4n) is 1.89. The summed E-state index contributed by atoms with van der Waals surface area (Å²) in [6.07, 6.45) is 1.62. The van der Waals surface area contributed by atoms with Crippen LogP contribution in [0.5, 0.6) is 0 Å². The number of rotatable bonds is 7. The van der Waals surface area contributed by atoms with Gasteiger partial charge in [0.05, 0.1) is 24.3 Å². The van der Waals surface area contributed by atoms with Crippen LogP contribution in [0.1, 0.15) is 18.2 Å². The summed E-state index contributed by atoms with van der Waals surface area (Å²) >= 11 is 0. The monoisotopic (exact) mass is 456 g/mol. The lowest BCUT2D eigenvalue weighted by atomic mass is 10.2. The van der Waals surface area contributed by atoms with E-state index in [9.17, 15) is 10.1 Å². The zero-order chi connectivity index (χ0) is 17.4. The van der Waals surface area contributed by atoms with Crippen LogP contribution in [0.4, 0.5) is 5.69 Å². The molecular weight excluding hydrogens is 435 g/mol. The molecule has 1 heterocycles. The first-order chi connectivity index (χ1) is 11.5. The van der Waals surface area contributed by atoms with Crippen molar-refractivity contribution in [3.63, 3.8) is 0 Å². The van der Waals surface area contributed by atoms with Crippen molar-refractivity contribution >= 4 is 35.6 Å². The molecule has 8 heteroatoms. The maximum atomic E-state index is 10.7. The fourth-order valence-corrected chi connectivity index (χ4v) is 1.89. The lowest BCUT2D eigenvalue weighted by Crippen LogP contribution is -2.37. The maximum absolute atomic E-state index is 10.7. The van der Waals surface area contributed by atoms with Gasteiger partial charge in [-0.15, -0.1) is 24.0 Å². The van der Waals surface area contributed by atoms with Gasteiger partial charge in [-0.05, 0) is 24.6 Å². The van der Waals surface area contributed by atoms with E-state index in [1.54, 1.807) is 18.4 Å². The van der Waals surface area contributed by atoms with Crippen LogP contribution in [0.2, 0.25) is 0 Å². The predicted octanol–water partition coefficient (Wildman–Crippen LogP) is 3.62. The minimum absolute atomic E-state index is 0. The molecule has 25 heavy (non-hydrogen) atoms. The predicted molar refractivity (Wildman–Crippen MR) is 108 cm³/mol. The van der Waals surface area contributed by atoms with E-state index in [0.717, 1.165) is 16.9 Å². The number of nitrogens with one attached hydrogen (secondary N) is 2. The van der Waals surface area contributed by atoms with E-state index in [4.69, 9.17) is 4.42 Å². The van der Waals surface area contributed by atoms with E-state index in [-0.39, 0.29) is 29.7 Å². The number of halogens is 1. The van der Waals surface area contributed by atoms with Crippen LogP contribution in [0, 0.1) is 10.1 Å². The molecule has 0 spiro atoms. The zero-order valence-electron chi connectivity index (χ0n) is 13.9. The van der Waals surface area contributed by atoms with Crippen LogP contribution in [-0.4, -0.2) is 17.4 Å². The van der Waals surface area contributed by atoms with Crippen molar-refractivity contribution in [3.8, 4) is 0 Å². The summed E-state index contributed by atoms with van der Waals surface area (Å²) < 4.78 is 5.28. The summed E-state index contributed by atoms with van der Waals surface area (Å²) in [5, 5.41) is 17.0. The van der Waals surface area contributed by atoms with Crippen molar-refractivity contribution in [2.45, 2.75) is 20.0 Å². The normalized spacial score (nSPS) is 10.7. The minimum Gasteiger partial charge on any atom is -0.467 e. The Morgan fingerprint density at radius 2 is 2.00 bits per heavy atom. The summed E-state index contributed by atoms with van der Waals surface area (Å²) in [5.41, 5.74) is 1.94. The van der Waals surface area contributed by atoms with Crippen molar-refractivity contribution in [2.24, 2.45) is 4.99 Å². The molecule has 0 bridgehead atoms. The molecule has 0 saturated heterocycles. The number of hydrogen-bond acceptors (Lipinski definition) is 4. The second kappa shape index (κ2) is 10.5. The van der Waals surface area contributed by atoms with Gasteiger partial charge in [-0.1, -0.05) is 24.3 Å². The molecule has 2 rings (SSSR count). The Labute approximate surface area is 163 Å². The third kappa shape index (κ3) is 7.38. The average Bonchev–Trinajstić information content (AvgIpc) is 3.07. The third-order valence-electron chi connectivity index (χ3n) is 3.13. The van der Waals surface area contributed by atoms with Gasteiger partial charge in [-0.2, -0.15) is 0 Å². The highest BCUT2D eigenvalue weighted by molar-refractivity contribution is 14.0. The number of hydrogen-bond donors (Lipinski definition) is 2. The van der Waals surface area contributed by atoms with E-state index in [2.05, 4.69) is 22.2 Å². The average molecular weight is 456 g/mol. The van der Waals surface area contributed by atoms with Gasteiger partial charge in [-0.25, -0.2) is 4.99 Å². The van der Waals surface area contributed by atoms with Gasteiger partial charge < -0.3 is 15.1 Å². The summed E-state index contributed by atoms with van der Waals surface area (Å²) in [5.74, 6) is 1.42. The molecule has 7 nitrogen and oxygen atoms in total. The molecule has 0 unspecified atom stereocenters. The van der Waals surface area contributed by atoms with Gasteiger partial charge in [-0.3, -0.25) is 10.1 Å². The Morgan fingerprint density at radius 1 is 1.28 bits per heavy atom. The Kier molecular flexibility index (Phi) is 8.68. The fraction of sp³-hybridized carbons (Fsp3) is 0.235. The minimum atomic E-state index is -0.419. The molecule has 0 radical (unpaired) electrons. The van der Waals surface area contributed by atoms with Crippen LogP contribution < -0.4 is 10.6 Å². The van der Waals surface area contributed by atoms with Gasteiger partial charge in [0, 0.05) is 18.7 Å². The molecule has 2 N–H and O–H groups in total. The molecule has 0 aliphatic heterocycles. The molecule has 0 fully saturated rings. The number of guanidine groups is 1. The molecular formula is C17H21IN4O3. The largest absolute Gasteiger partial charge is 0.467 e. The SMILES string of the molecule is C=C(C)CNC(=NCc1ccc([N+](=O)[O-])cc1)NCc1ccco1.I. The molecule has 0 aliphatic carbocycles. The summed E-state index contributed by atoms with van der Waals surface area (Å²) in [6, 6.07) is 10.0.